The average Bonchev–Trinajstić information content (AvgIpc) is 2.42. The molecule has 2 aromatic carbocycles. The van der Waals surface area contributed by atoms with Crippen molar-refractivity contribution in [3.05, 3.63) is 56.6 Å². The molecule has 2 rings (SSSR count). The lowest BCUT2D eigenvalue weighted by Gasteiger charge is -2.25. The number of aryl methyl sites for hydroxylation is 2. The molecule has 2 N–H and O–H groups in total. The average molecular weight is 298 g/mol. The number of phenolic OH excluding ortho intramolecular Hbond substituents is 2. The summed E-state index contributed by atoms with van der Waals surface area (Å²) in [5, 5.41) is 20.0. The Bertz CT molecular complexity index is 690. The maximum Gasteiger partial charge on any atom is 0.121 e. The van der Waals surface area contributed by atoms with E-state index in [1.54, 1.807) is 0 Å². The number of aromatic hydroxyl groups is 2. The second kappa shape index (κ2) is 5.68. The summed E-state index contributed by atoms with van der Waals surface area (Å²) in [5.41, 5.74) is 8.97. The molecule has 1 unspecified atom stereocenters. The van der Waals surface area contributed by atoms with E-state index in [0.29, 0.717) is 11.5 Å². The molecule has 0 heterocycles. The maximum atomic E-state index is 10.3. The second-order valence-electron chi connectivity index (χ2n) is 6.48. The highest BCUT2D eigenvalue weighted by Gasteiger charge is 2.22. The van der Waals surface area contributed by atoms with Crippen LogP contribution < -0.4 is 0 Å². The van der Waals surface area contributed by atoms with Gasteiger partial charge in [-0.2, -0.15) is 0 Å². The lowest BCUT2D eigenvalue weighted by Crippen LogP contribution is -2.08. The molecule has 0 aliphatic heterocycles. The minimum atomic E-state index is 0.221. The van der Waals surface area contributed by atoms with Crippen molar-refractivity contribution in [1.29, 1.82) is 0 Å². The van der Waals surface area contributed by atoms with Crippen LogP contribution >= 0.6 is 0 Å². The van der Waals surface area contributed by atoms with Crippen LogP contribution in [0.1, 0.15) is 57.3 Å². The number of hydrogen-bond donors (Lipinski definition) is 2. The molecule has 2 nitrogen and oxygen atoms in total. The first-order chi connectivity index (χ1) is 10.2. The first-order valence-electron chi connectivity index (χ1n) is 7.76. The second-order valence-corrected chi connectivity index (χ2v) is 6.48. The van der Waals surface area contributed by atoms with Crippen molar-refractivity contribution in [3.63, 3.8) is 0 Å². The molecule has 0 aliphatic rings. The van der Waals surface area contributed by atoms with Crippen molar-refractivity contribution in [2.24, 2.45) is 0 Å². The number of phenols is 2. The summed E-state index contributed by atoms with van der Waals surface area (Å²) in [6.45, 7) is 14.4. The standard InChI is InChI=1S/C20H26O2/c1-10-8-17(21)9-11(2)18(10)16(7)19-12(3)14(5)20(22)15(6)13(19)4/h8-9,16,21-22H,1-7H3. The first-order valence-corrected chi connectivity index (χ1v) is 7.76. The highest BCUT2D eigenvalue weighted by Crippen LogP contribution is 2.40. The Hall–Kier alpha value is -1.96. The molecule has 22 heavy (non-hydrogen) atoms. The third kappa shape index (κ3) is 2.47. The van der Waals surface area contributed by atoms with Gasteiger partial charge in [0.1, 0.15) is 11.5 Å². The quantitative estimate of drug-likeness (QED) is 0.809. The van der Waals surface area contributed by atoms with E-state index < -0.39 is 0 Å². The molecule has 0 bridgehead atoms. The van der Waals surface area contributed by atoms with Gasteiger partial charge >= 0.3 is 0 Å². The van der Waals surface area contributed by atoms with E-state index in [1.807, 2.05) is 39.8 Å². The molecule has 0 aromatic heterocycles. The molecule has 2 heteroatoms. The van der Waals surface area contributed by atoms with E-state index >= 15 is 0 Å². The smallest absolute Gasteiger partial charge is 0.121 e. The fraction of sp³-hybridized carbons (Fsp3) is 0.400. The predicted molar refractivity (Wildman–Crippen MR) is 92.2 cm³/mol. The molecule has 0 saturated carbocycles. The van der Waals surface area contributed by atoms with E-state index in [2.05, 4.69) is 20.8 Å². The molecule has 0 amide bonds. The molecular formula is C20H26O2. The zero-order valence-corrected chi connectivity index (χ0v) is 14.6. The monoisotopic (exact) mass is 298 g/mol. The van der Waals surface area contributed by atoms with Gasteiger partial charge in [0.2, 0.25) is 0 Å². The SMILES string of the molecule is Cc1cc(O)cc(C)c1C(C)c1c(C)c(C)c(O)c(C)c1C. The zero-order valence-electron chi connectivity index (χ0n) is 14.6. The molecule has 0 aliphatic carbocycles. The van der Waals surface area contributed by atoms with Gasteiger partial charge in [-0.05, 0) is 98.2 Å². The van der Waals surface area contributed by atoms with Gasteiger partial charge in [-0.15, -0.1) is 0 Å². The predicted octanol–water partition coefficient (Wildman–Crippen LogP) is 5.10. The molecule has 0 spiro atoms. The van der Waals surface area contributed by atoms with Crippen LogP contribution in [0.4, 0.5) is 0 Å². The van der Waals surface area contributed by atoms with Crippen LogP contribution in [0.3, 0.4) is 0 Å². The maximum absolute atomic E-state index is 10.3. The van der Waals surface area contributed by atoms with Crippen molar-refractivity contribution in [1.82, 2.24) is 0 Å². The lowest BCUT2D eigenvalue weighted by molar-refractivity contribution is 0.465. The topological polar surface area (TPSA) is 40.5 Å². The van der Waals surface area contributed by atoms with Crippen LogP contribution in [-0.2, 0) is 0 Å². The van der Waals surface area contributed by atoms with Crippen LogP contribution in [-0.4, -0.2) is 10.2 Å². The third-order valence-electron chi connectivity index (χ3n) is 5.09. The summed E-state index contributed by atoms with van der Waals surface area (Å²) in [5.74, 6) is 0.946. The Morgan fingerprint density at radius 3 is 1.50 bits per heavy atom. The van der Waals surface area contributed by atoms with Crippen molar-refractivity contribution in [2.45, 2.75) is 54.4 Å². The van der Waals surface area contributed by atoms with Gasteiger partial charge in [0.05, 0.1) is 0 Å². The summed E-state index contributed by atoms with van der Waals surface area (Å²) >= 11 is 0. The van der Waals surface area contributed by atoms with Gasteiger partial charge < -0.3 is 10.2 Å². The molecule has 0 saturated heterocycles. The molecule has 118 valence electrons. The van der Waals surface area contributed by atoms with Crippen LogP contribution in [0.5, 0.6) is 11.5 Å². The van der Waals surface area contributed by atoms with E-state index in [0.717, 1.165) is 33.4 Å². The highest BCUT2D eigenvalue weighted by molar-refractivity contribution is 5.57. The van der Waals surface area contributed by atoms with Crippen molar-refractivity contribution in [2.75, 3.05) is 0 Å². The van der Waals surface area contributed by atoms with Crippen molar-refractivity contribution in [3.8, 4) is 11.5 Å². The first kappa shape index (κ1) is 16.4. The Morgan fingerprint density at radius 2 is 1.09 bits per heavy atom. The van der Waals surface area contributed by atoms with Gasteiger partial charge in [0.25, 0.3) is 0 Å². The molecule has 2 aromatic rings. The molecule has 0 radical (unpaired) electrons. The van der Waals surface area contributed by atoms with E-state index in [9.17, 15) is 10.2 Å². The Kier molecular flexibility index (Phi) is 4.23. The number of benzene rings is 2. The molecule has 0 fully saturated rings. The van der Waals surface area contributed by atoms with Crippen LogP contribution in [0, 0.1) is 41.5 Å². The summed E-state index contributed by atoms with van der Waals surface area (Å²) in [4.78, 5) is 0. The fourth-order valence-electron chi connectivity index (χ4n) is 3.75. The summed E-state index contributed by atoms with van der Waals surface area (Å²) in [7, 11) is 0. The number of rotatable bonds is 2. The minimum Gasteiger partial charge on any atom is -0.508 e. The van der Waals surface area contributed by atoms with Gasteiger partial charge in [0.15, 0.2) is 0 Å². The van der Waals surface area contributed by atoms with Crippen LogP contribution in [0.25, 0.3) is 0 Å². The lowest BCUT2D eigenvalue weighted by atomic mass is 9.80. The molecular weight excluding hydrogens is 272 g/mol. The molecule has 1 atom stereocenters. The highest BCUT2D eigenvalue weighted by atomic mass is 16.3. The number of hydrogen-bond acceptors (Lipinski definition) is 2. The third-order valence-corrected chi connectivity index (χ3v) is 5.09. The Morgan fingerprint density at radius 1 is 0.682 bits per heavy atom. The van der Waals surface area contributed by atoms with Gasteiger partial charge in [-0.3, -0.25) is 0 Å². The van der Waals surface area contributed by atoms with Gasteiger partial charge in [0, 0.05) is 5.92 Å². The summed E-state index contributed by atoms with van der Waals surface area (Å²) in [6.07, 6.45) is 0. The van der Waals surface area contributed by atoms with Crippen LogP contribution in [0.2, 0.25) is 0 Å². The normalized spacial score (nSPS) is 12.5. The van der Waals surface area contributed by atoms with Gasteiger partial charge in [-0.1, -0.05) is 6.92 Å². The Labute approximate surface area is 133 Å². The Balaban J connectivity index is 2.73. The zero-order chi connectivity index (χ0) is 16.8. The summed E-state index contributed by atoms with van der Waals surface area (Å²) in [6, 6.07) is 3.65. The van der Waals surface area contributed by atoms with Crippen molar-refractivity contribution >= 4 is 0 Å². The van der Waals surface area contributed by atoms with E-state index in [4.69, 9.17) is 0 Å². The van der Waals surface area contributed by atoms with E-state index in [-0.39, 0.29) is 5.92 Å². The largest absolute Gasteiger partial charge is 0.508 e. The summed E-state index contributed by atoms with van der Waals surface area (Å²) < 4.78 is 0. The van der Waals surface area contributed by atoms with Crippen LogP contribution in [0.15, 0.2) is 12.1 Å². The van der Waals surface area contributed by atoms with Crippen molar-refractivity contribution < 1.29 is 10.2 Å². The minimum absolute atomic E-state index is 0.221. The van der Waals surface area contributed by atoms with E-state index in [1.165, 1.54) is 11.1 Å². The van der Waals surface area contributed by atoms with Gasteiger partial charge in [-0.25, -0.2) is 0 Å². The fourth-order valence-corrected chi connectivity index (χ4v) is 3.75.